The van der Waals surface area contributed by atoms with Gasteiger partial charge in [0.2, 0.25) is 5.88 Å². The van der Waals surface area contributed by atoms with Crippen LogP contribution in [0.25, 0.3) is 0 Å². The van der Waals surface area contributed by atoms with Gasteiger partial charge < -0.3 is 10.1 Å². The number of pyridine rings is 1. The molecule has 0 spiro atoms. The van der Waals surface area contributed by atoms with Gasteiger partial charge in [0.1, 0.15) is 10.9 Å². The average Bonchev–Trinajstić information content (AvgIpc) is 2.85. The lowest BCUT2D eigenvalue weighted by Crippen LogP contribution is -2.09. The zero-order chi connectivity index (χ0) is 13.7. The van der Waals surface area contributed by atoms with Gasteiger partial charge in [-0.1, -0.05) is 0 Å². The van der Waals surface area contributed by atoms with Crippen LogP contribution < -0.4 is 10.1 Å². The zero-order valence-corrected chi connectivity index (χ0v) is 11.7. The Morgan fingerprint density at radius 1 is 1.42 bits per heavy atom. The number of nitrogens with one attached hydrogen (secondary N) is 1. The summed E-state index contributed by atoms with van der Waals surface area (Å²) in [7, 11) is 0. The summed E-state index contributed by atoms with van der Waals surface area (Å²) in [5.41, 5.74) is 0.864. The van der Waals surface area contributed by atoms with Crippen molar-refractivity contribution in [3.05, 3.63) is 40.2 Å². The summed E-state index contributed by atoms with van der Waals surface area (Å²) in [6.45, 7) is 4.60. The van der Waals surface area contributed by atoms with Crippen LogP contribution in [-0.2, 0) is 6.54 Å². The molecule has 0 bridgehead atoms. The lowest BCUT2D eigenvalue weighted by atomic mass is 10.3. The van der Waals surface area contributed by atoms with Gasteiger partial charge in [-0.15, -0.1) is 11.3 Å². The molecule has 0 unspecified atom stereocenters. The lowest BCUT2D eigenvalue weighted by molar-refractivity contribution is 0.234. The van der Waals surface area contributed by atoms with Crippen LogP contribution in [0.4, 0.5) is 5.69 Å². The van der Waals surface area contributed by atoms with Crippen molar-refractivity contribution in [2.75, 3.05) is 5.32 Å². The van der Waals surface area contributed by atoms with Gasteiger partial charge in [-0.3, -0.25) is 0 Å². The second-order valence-electron chi connectivity index (χ2n) is 4.25. The Kier molecular flexibility index (Phi) is 4.37. The summed E-state index contributed by atoms with van der Waals surface area (Å²) < 4.78 is 5.64. The molecule has 0 aliphatic carbocycles. The summed E-state index contributed by atoms with van der Waals surface area (Å²) in [4.78, 5) is 6.05. The molecule has 0 saturated heterocycles. The Bertz CT molecular complexity index is 586. The first kappa shape index (κ1) is 13.4. The van der Waals surface area contributed by atoms with Gasteiger partial charge in [0.25, 0.3) is 0 Å². The van der Waals surface area contributed by atoms with Crippen molar-refractivity contribution in [2.24, 2.45) is 0 Å². The second-order valence-corrected chi connectivity index (χ2v) is 5.42. The molecule has 4 nitrogen and oxygen atoms in total. The van der Waals surface area contributed by atoms with Gasteiger partial charge in [0, 0.05) is 17.6 Å². The van der Waals surface area contributed by atoms with Crippen molar-refractivity contribution in [1.82, 2.24) is 4.98 Å². The van der Waals surface area contributed by atoms with Crippen molar-refractivity contribution >= 4 is 17.0 Å². The Balaban J connectivity index is 2.05. The molecule has 0 atom stereocenters. The number of hydrogen-bond donors (Lipinski definition) is 1. The van der Waals surface area contributed by atoms with Gasteiger partial charge >= 0.3 is 0 Å². The Hall–Kier alpha value is -2.06. The third kappa shape index (κ3) is 3.70. The molecule has 1 N–H and O–H groups in total. The van der Waals surface area contributed by atoms with Crippen molar-refractivity contribution in [2.45, 2.75) is 26.5 Å². The number of anilines is 1. The predicted molar refractivity (Wildman–Crippen MR) is 76.4 cm³/mol. The van der Waals surface area contributed by atoms with E-state index in [0.717, 1.165) is 15.4 Å². The first-order valence-electron chi connectivity index (χ1n) is 6.03. The Morgan fingerprint density at radius 3 is 2.95 bits per heavy atom. The van der Waals surface area contributed by atoms with Crippen molar-refractivity contribution < 1.29 is 4.74 Å². The third-order valence-electron chi connectivity index (χ3n) is 2.34. The summed E-state index contributed by atoms with van der Waals surface area (Å²) >= 11 is 1.49. The molecule has 2 aromatic rings. The molecule has 19 heavy (non-hydrogen) atoms. The van der Waals surface area contributed by atoms with Gasteiger partial charge in [-0.05, 0) is 38.1 Å². The van der Waals surface area contributed by atoms with Crippen LogP contribution in [0, 0.1) is 11.3 Å². The molecule has 5 heteroatoms. The first-order valence-corrected chi connectivity index (χ1v) is 6.85. The van der Waals surface area contributed by atoms with Crippen LogP contribution >= 0.6 is 11.3 Å². The average molecular weight is 273 g/mol. The second kappa shape index (κ2) is 6.21. The SMILES string of the molecule is CC(C)Oc1ncccc1NCc1ccc(C#N)s1. The molecule has 98 valence electrons. The van der Waals surface area contributed by atoms with E-state index in [2.05, 4.69) is 16.4 Å². The molecule has 2 heterocycles. The van der Waals surface area contributed by atoms with Gasteiger partial charge in [-0.2, -0.15) is 5.26 Å². The van der Waals surface area contributed by atoms with E-state index >= 15 is 0 Å². The van der Waals surface area contributed by atoms with Crippen LogP contribution in [0.3, 0.4) is 0 Å². The van der Waals surface area contributed by atoms with E-state index in [1.165, 1.54) is 11.3 Å². The maximum atomic E-state index is 8.79. The highest BCUT2D eigenvalue weighted by molar-refractivity contribution is 7.12. The third-order valence-corrected chi connectivity index (χ3v) is 3.33. The van der Waals surface area contributed by atoms with Crippen molar-refractivity contribution in [3.8, 4) is 11.9 Å². The van der Waals surface area contributed by atoms with Crippen LogP contribution in [0.5, 0.6) is 5.88 Å². The van der Waals surface area contributed by atoms with E-state index in [1.807, 2.05) is 38.1 Å². The normalized spacial score (nSPS) is 10.2. The molecule has 0 amide bonds. The minimum absolute atomic E-state index is 0.0855. The standard InChI is InChI=1S/C14H15N3OS/c1-10(2)18-14-13(4-3-7-16-14)17-9-12-6-5-11(8-15)19-12/h3-7,10,17H,9H2,1-2H3. The predicted octanol–water partition coefficient (Wildman–Crippen LogP) is 3.41. The lowest BCUT2D eigenvalue weighted by Gasteiger charge is -2.13. The van der Waals surface area contributed by atoms with E-state index in [9.17, 15) is 0 Å². The highest BCUT2D eigenvalue weighted by atomic mass is 32.1. The Morgan fingerprint density at radius 2 is 2.26 bits per heavy atom. The number of aromatic nitrogens is 1. The minimum Gasteiger partial charge on any atom is -0.473 e. The number of ether oxygens (including phenoxy) is 1. The van der Waals surface area contributed by atoms with E-state index in [1.54, 1.807) is 6.20 Å². The fourth-order valence-corrected chi connectivity index (χ4v) is 2.30. The van der Waals surface area contributed by atoms with Crippen LogP contribution in [0.2, 0.25) is 0 Å². The van der Waals surface area contributed by atoms with Crippen molar-refractivity contribution in [1.29, 1.82) is 5.26 Å². The van der Waals surface area contributed by atoms with E-state index in [-0.39, 0.29) is 6.10 Å². The zero-order valence-electron chi connectivity index (χ0n) is 10.9. The molecule has 0 radical (unpaired) electrons. The van der Waals surface area contributed by atoms with Gasteiger partial charge in [-0.25, -0.2) is 4.98 Å². The summed E-state index contributed by atoms with van der Waals surface area (Å²) in [5.74, 6) is 0.606. The Labute approximate surface area is 116 Å². The first-order chi connectivity index (χ1) is 9.19. The molecule has 0 fully saturated rings. The highest BCUT2D eigenvalue weighted by Gasteiger charge is 2.07. The van der Waals surface area contributed by atoms with Crippen molar-refractivity contribution in [3.63, 3.8) is 0 Å². The quantitative estimate of drug-likeness (QED) is 0.907. The van der Waals surface area contributed by atoms with Gasteiger partial charge in [0.15, 0.2) is 0 Å². The largest absolute Gasteiger partial charge is 0.473 e. The number of thiophene rings is 1. The molecule has 0 saturated carbocycles. The van der Waals surface area contributed by atoms with Crippen LogP contribution in [0.1, 0.15) is 23.6 Å². The molecule has 2 rings (SSSR count). The fraction of sp³-hybridized carbons (Fsp3) is 0.286. The molecule has 0 aliphatic heterocycles. The number of nitriles is 1. The minimum atomic E-state index is 0.0855. The maximum absolute atomic E-state index is 8.79. The van der Waals surface area contributed by atoms with Gasteiger partial charge in [0.05, 0.1) is 11.8 Å². The molecule has 0 aromatic carbocycles. The van der Waals surface area contributed by atoms with Crippen LogP contribution in [0.15, 0.2) is 30.5 Å². The highest BCUT2D eigenvalue weighted by Crippen LogP contribution is 2.23. The molecule has 2 aromatic heterocycles. The molecule has 0 aliphatic rings. The molecular weight excluding hydrogens is 258 g/mol. The maximum Gasteiger partial charge on any atom is 0.237 e. The number of rotatable bonds is 5. The number of nitrogens with zero attached hydrogens (tertiary/aromatic N) is 2. The summed E-state index contributed by atoms with van der Waals surface area (Å²) in [6.07, 6.45) is 1.80. The fourth-order valence-electron chi connectivity index (χ4n) is 1.56. The van der Waals surface area contributed by atoms with E-state index in [4.69, 9.17) is 10.00 Å². The smallest absolute Gasteiger partial charge is 0.237 e. The summed E-state index contributed by atoms with van der Waals surface area (Å²) in [6, 6.07) is 9.72. The van der Waals surface area contributed by atoms with E-state index in [0.29, 0.717) is 12.4 Å². The molecular formula is C14H15N3OS. The van der Waals surface area contributed by atoms with Crippen LogP contribution in [-0.4, -0.2) is 11.1 Å². The summed E-state index contributed by atoms with van der Waals surface area (Å²) in [5, 5.41) is 12.1. The topological polar surface area (TPSA) is 57.9 Å². The monoisotopic (exact) mass is 273 g/mol. The number of hydrogen-bond acceptors (Lipinski definition) is 5. The van der Waals surface area contributed by atoms with E-state index < -0.39 is 0 Å².